The van der Waals surface area contributed by atoms with E-state index in [1.807, 2.05) is 66.7 Å². The second-order valence-electron chi connectivity index (χ2n) is 8.12. The second-order valence-corrected chi connectivity index (χ2v) is 8.12. The molecule has 172 valence electrons. The zero-order valence-electron chi connectivity index (χ0n) is 19.1. The number of aromatic hydroxyl groups is 1. The zero-order valence-corrected chi connectivity index (χ0v) is 19.1. The second kappa shape index (κ2) is 9.37. The van der Waals surface area contributed by atoms with E-state index >= 15 is 0 Å². The lowest BCUT2D eigenvalue weighted by Gasteiger charge is -2.15. The fourth-order valence-corrected chi connectivity index (χ4v) is 4.14. The molecule has 5 aromatic rings. The largest absolute Gasteiger partial charge is 0.493 e. The van der Waals surface area contributed by atoms with Crippen molar-refractivity contribution < 1.29 is 14.6 Å². The van der Waals surface area contributed by atoms with Crippen LogP contribution < -0.4 is 5.73 Å². The number of esters is 1. The highest BCUT2D eigenvalue weighted by Crippen LogP contribution is 2.39. The maximum absolute atomic E-state index is 12.1. The lowest BCUT2D eigenvalue weighted by atomic mass is 9.95. The van der Waals surface area contributed by atoms with E-state index in [2.05, 4.69) is 4.98 Å². The van der Waals surface area contributed by atoms with Crippen LogP contribution in [0.1, 0.15) is 15.9 Å². The van der Waals surface area contributed by atoms with Gasteiger partial charge in [0.15, 0.2) is 0 Å². The summed E-state index contributed by atoms with van der Waals surface area (Å²) in [6.45, 7) is 0.456. The minimum absolute atomic E-state index is 0.109. The first-order valence-corrected chi connectivity index (χ1v) is 11.2. The number of hydrogen-bond acceptors (Lipinski definition) is 6. The number of carbonyl (C=O) groups excluding carboxylic acids is 1. The lowest BCUT2D eigenvalue weighted by molar-refractivity contribution is 0.0601. The molecule has 0 bridgehead atoms. The van der Waals surface area contributed by atoms with Crippen LogP contribution in [0.5, 0.6) is 5.88 Å². The summed E-state index contributed by atoms with van der Waals surface area (Å²) in [5, 5.41) is 11.2. The Labute approximate surface area is 202 Å². The number of fused-ring (bicyclic) bond motifs is 1. The molecule has 0 unspecified atom stereocenters. The molecule has 0 aliphatic heterocycles. The molecule has 0 fully saturated rings. The highest BCUT2D eigenvalue weighted by molar-refractivity contribution is 6.01. The Morgan fingerprint density at radius 2 is 1.63 bits per heavy atom. The molecule has 0 atom stereocenters. The Bertz CT molecular complexity index is 1530. The van der Waals surface area contributed by atoms with Gasteiger partial charge in [-0.05, 0) is 34.9 Å². The quantitative estimate of drug-likeness (QED) is 0.332. The van der Waals surface area contributed by atoms with Gasteiger partial charge < -0.3 is 15.6 Å². The van der Waals surface area contributed by atoms with E-state index in [0.29, 0.717) is 28.6 Å². The third kappa shape index (κ3) is 4.23. The number of rotatable bonds is 5. The van der Waals surface area contributed by atoms with Crippen LogP contribution in [0.25, 0.3) is 44.4 Å². The van der Waals surface area contributed by atoms with E-state index in [1.165, 1.54) is 7.11 Å². The Morgan fingerprint density at radius 1 is 0.886 bits per heavy atom. The molecule has 2 heterocycles. The van der Waals surface area contributed by atoms with Crippen LogP contribution in [-0.4, -0.2) is 28.2 Å². The number of aromatic nitrogens is 2. The normalized spacial score (nSPS) is 10.9. The van der Waals surface area contributed by atoms with Gasteiger partial charge in [-0.1, -0.05) is 66.7 Å². The molecule has 35 heavy (non-hydrogen) atoms. The molecule has 3 aromatic carbocycles. The molecule has 0 amide bonds. The van der Waals surface area contributed by atoms with Crippen molar-refractivity contribution in [2.45, 2.75) is 6.54 Å². The molecule has 0 aliphatic carbocycles. The SMILES string of the molecule is COC(=O)c1cccc(-c2cnc(O)c3cc(-c4ccccc4)c(-c4ccc(CN)cc4)nc23)c1. The molecule has 2 aromatic heterocycles. The monoisotopic (exact) mass is 461 g/mol. The summed E-state index contributed by atoms with van der Waals surface area (Å²) in [4.78, 5) is 21.4. The molecule has 0 radical (unpaired) electrons. The summed E-state index contributed by atoms with van der Waals surface area (Å²) in [6, 6.07) is 26.9. The predicted octanol–water partition coefficient (Wildman–Crippen LogP) is 5.58. The third-order valence-corrected chi connectivity index (χ3v) is 5.98. The maximum atomic E-state index is 12.1. The molecule has 5 rings (SSSR count). The van der Waals surface area contributed by atoms with Gasteiger partial charge >= 0.3 is 5.97 Å². The number of carbonyl (C=O) groups is 1. The number of hydrogen-bond donors (Lipinski definition) is 2. The average molecular weight is 462 g/mol. The number of pyridine rings is 2. The van der Waals surface area contributed by atoms with Crippen molar-refractivity contribution in [3.05, 3.63) is 102 Å². The summed E-state index contributed by atoms with van der Waals surface area (Å²) < 4.78 is 4.88. The number of nitrogens with two attached hydrogens (primary N) is 1. The van der Waals surface area contributed by atoms with Crippen LogP contribution in [0.3, 0.4) is 0 Å². The van der Waals surface area contributed by atoms with E-state index in [1.54, 1.807) is 24.4 Å². The highest BCUT2D eigenvalue weighted by Gasteiger charge is 2.18. The van der Waals surface area contributed by atoms with E-state index in [4.69, 9.17) is 15.5 Å². The number of nitrogens with zero attached hydrogens (tertiary/aromatic N) is 2. The summed E-state index contributed by atoms with van der Waals surface area (Å²) in [6.07, 6.45) is 1.57. The third-order valence-electron chi connectivity index (χ3n) is 5.98. The molecule has 6 nitrogen and oxygen atoms in total. The van der Waals surface area contributed by atoms with Crippen LogP contribution in [0.2, 0.25) is 0 Å². The van der Waals surface area contributed by atoms with Crippen molar-refractivity contribution in [2.75, 3.05) is 7.11 Å². The van der Waals surface area contributed by atoms with Crippen LogP contribution in [-0.2, 0) is 11.3 Å². The van der Waals surface area contributed by atoms with Crippen LogP contribution in [0, 0.1) is 0 Å². The number of ether oxygens (including phenoxy) is 1. The van der Waals surface area contributed by atoms with Gasteiger partial charge in [0.05, 0.1) is 29.3 Å². The van der Waals surface area contributed by atoms with Gasteiger partial charge in [-0.15, -0.1) is 0 Å². The topological polar surface area (TPSA) is 98.3 Å². The van der Waals surface area contributed by atoms with E-state index in [9.17, 15) is 9.90 Å². The van der Waals surface area contributed by atoms with Gasteiger partial charge in [0.2, 0.25) is 5.88 Å². The van der Waals surface area contributed by atoms with Crippen molar-refractivity contribution in [3.63, 3.8) is 0 Å². The van der Waals surface area contributed by atoms with Gasteiger partial charge in [0.1, 0.15) is 0 Å². The van der Waals surface area contributed by atoms with E-state index in [0.717, 1.165) is 33.5 Å². The smallest absolute Gasteiger partial charge is 0.337 e. The summed E-state index contributed by atoms with van der Waals surface area (Å²) in [5.74, 6) is -0.537. The van der Waals surface area contributed by atoms with Crippen molar-refractivity contribution in [1.82, 2.24) is 9.97 Å². The molecular formula is C29H23N3O3. The molecule has 0 saturated heterocycles. The minimum Gasteiger partial charge on any atom is -0.493 e. The van der Waals surface area contributed by atoms with Gasteiger partial charge in [-0.25, -0.2) is 14.8 Å². The fraction of sp³-hybridized carbons (Fsp3) is 0.0690. The van der Waals surface area contributed by atoms with Crippen molar-refractivity contribution in [1.29, 1.82) is 0 Å². The summed E-state index contributed by atoms with van der Waals surface area (Å²) in [7, 11) is 1.35. The molecule has 3 N–H and O–H groups in total. The first-order valence-electron chi connectivity index (χ1n) is 11.2. The Balaban J connectivity index is 1.79. The van der Waals surface area contributed by atoms with E-state index in [-0.39, 0.29) is 5.88 Å². The van der Waals surface area contributed by atoms with E-state index < -0.39 is 5.97 Å². The first-order chi connectivity index (χ1) is 17.1. The van der Waals surface area contributed by atoms with Crippen molar-refractivity contribution >= 4 is 16.9 Å². The molecule has 0 saturated carbocycles. The Morgan fingerprint density at radius 3 is 2.34 bits per heavy atom. The van der Waals surface area contributed by atoms with Gasteiger partial charge in [0, 0.05) is 29.4 Å². The predicted molar refractivity (Wildman–Crippen MR) is 137 cm³/mol. The molecule has 0 aliphatic rings. The summed E-state index contributed by atoms with van der Waals surface area (Å²) >= 11 is 0. The van der Waals surface area contributed by atoms with Crippen molar-refractivity contribution in [3.8, 4) is 39.4 Å². The Hall–Kier alpha value is -4.55. The summed E-state index contributed by atoms with van der Waals surface area (Å²) in [5.41, 5.74) is 12.8. The van der Waals surface area contributed by atoms with Gasteiger partial charge in [0.25, 0.3) is 0 Å². The highest BCUT2D eigenvalue weighted by atomic mass is 16.5. The zero-order chi connectivity index (χ0) is 24.4. The van der Waals surface area contributed by atoms with Crippen LogP contribution >= 0.6 is 0 Å². The average Bonchev–Trinajstić information content (AvgIpc) is 2.93. The van der Waals surface area contributed by atoms with Crippen LogP contribution in [0.4, 0.5) is 0 Å². The first kappa shape index (κ1) is 22.3. The van der Waals surface area contributed by atoms with Crippen molar-refractivity contribution in [2.24, 2.45) is 5.73 Å². The minimum atomic E-state index is -0.428. The molecule has 0 spiro atoms. The van der Waals surface area contributed by atoms with Gasteiger partial charge in [-0.2, -0.15) is 0 Å². The lowest BCUT2D eigenvalue weighted by Crippen LogP contribution is -2.01. The molecule has 6 heteroatoms. The van der Waals surface area contributed by atoms with Gasteiger partial charge in [-0.3, -0.25) is 0 Å². The molecular weight excluding hydrogens is 438 g/mol. The van der Waals surface area contributed by atoms with Crippen LogP contribution in [0.15, 0.2) is 91.1 Å². The Kier molecular flexibility index (Phi) is 5.95. The fourth-order valence-electron chi connectivity index (χ4n) is 4.14. The standard InChI is InChI=1S/C29H23N3O3/c1-35-29(34)22-9-5-8-21(14-22)25-17-31-28(33)24-15-23(19-6-3-2-4-7-19)26(32-27(24)25)20-12-10-18(16-30)11-13-20/h2-15,17H,16,30H2,1H3,(H,31,33). The number of methoxy groups -OCH3 is 1. The number of benzene rings is 3. The maximum Gasteiger partial charge on any atom is 0.337 e.